The molecule has 1 atom stereocenters. The zero-order valence-corrected chi connectivity index (χ0v) is 22.3. The number of pyridine rings is 1. The normalized spacial score (nSPS) is 17.8. The molecular formula is C28H34F3N3O5. The molecule has 39 heavy (non-hydrogen) atoms. The molecule has 0 bridgehead atoms. The minimum absolute atomic E-state index is 0.0204. The Morgan fingerprint density at radius 1 is 1.08 bits per heavy atom. The molecule has 2 aliphatic rings. The molecule has 8 nitrogen and oxygen atoms in total. The van der Waals surface area contributed by atoms with Crippen LogP contribution in [-0.2, 0) is 9.59 Å². The van der Waals surface area contributed by atoms with E-state index in [1.54, 1.807) is 6.07 Å². The molecular weight excluding hydrogens is 515 g/mol. The number of fused-ring (bicyclic) bond motifs is 1. The molecule has 1 aromatic carbocycles. The van der Waals surface area contributed by atoms with Crippen molar-refractivity contribution < 1.29 is 37.4 Å². The summed E-state index contributed by atoms with van der Waals surface area (Å²) in [4.78, 5) is 42.9. The summed E-state index contributed by atoms with van der Waals surface area (Å²) in [5.41, 5.74) is 2.14. The van der Waals surface area contributed by atoms with Crippen molar-refractivity contribution >= 4 is 17.8 Å². The Bertz CT molecular complexity index is 1180. The third kappa shape index (κ3) is 7.48. The van der Waals surface area contributed by atoms with Gasteiger partial charge in [-0.25, -0.2) is 9.78 Å². The molecule has 4 rings (SSSR count). The molecule has 1 spiro atoms. The van der Waals surface area contributed by atoms with E-state index in [-0.39, 0.29) is 23.3 Å². The molecule has 212 valence electrons. The van der Waals surface area contributed by atoms with Crippen LogP contribution in [0.2, 0.25) is 0 Å². The Kier molecular flexibility index (Phi) is 9.58. The van der Waals surface area contributed by atoms with Gasteiger partial charge in [0.1, 0.15) is 17.0 Å². The molecule has 11 heteroatoms. The first-order valence-electron chi connectivity index (χ1n) is 13.0. The number of aryl methyl sites for hydroxylation is 1. The molecule has 1 unspecified atom stereocenters. The number of aromatic nitrogens is 1. The molecule has 1 fully saturated rings. The molecule has 3 heterocycles. The first-order chi connectivity index (χ1) is 18.4. The fourth-order valence-corrected chi connectivity index (χ4v) is 5.09. The van der Waals surface area contributed by atoms with E-state index >= 15 is 0 Å². The highest BCUT2D eigenvalue weighted by molar-refractivity contribution is 5.92. The van der Waals surface area contributed by atoms with Crippen LogP contribution in [0.4, 0.5) is 13.2 Å². The average Bonchev–Trinajstić information content (AvgIpc) is 2.89. The van der Waals surface area contributed by atoms with Gasteiger partial charge in [-0.2, -0.15) is 13.2 Å². The maximum Gasteiger partial charge on any atom is 0.490 e. The van der Waals surface area contributed by atoms with Crippen LogP contribution in [0.1, 0.15) is 67.2 Å². The third-order valence-electron chi connectivity index (χ3n) is 7.15. The van der Waals surface area contributed by atoms with E-state index in [0.29, 0.717) is 25.2 Å². The summed E-state index contributed by atoms with van der Waals surface area (Å²) in [5.74, 6) is -1.56. The van der Waals surface area contributed by atoms with E-state index in [1.807, 2.05) is 60.9 Å². The first-order valence-corrected chi connectivity index (χ1v) is 13.0. The van der Waals surface area contributed by atoms with Gasteiger partial charge in [-0.05, 0) is 51.0 Å². The number of hydrogen-bond donors (Lipinski definition) is 1. The Labute approximate surface area is 225 Å². The largest absolute Gasteiger partial charge is 0.490 e. The van der Waals surface area contributed by atoms with Gasteiger partial charge in [-0.3, -0.25) is 9.59 Å². The van der Waals surface area contributed by atoms with Crippen molar-refractivity contribution in [2.24, 2.45) is 0 Å². The number of benzene rings is 1. The predicted molar refractivity (Wildman–Crippen MR) is 138 cm³/mol. The highest BCUT2D eigenvalue weighted by Crippen LogP contribution is 2.46. The van der Waals surface area contributed by atoms with Crippen molar-refractivity contribution in [3.05, 3.63) is 59.4 Å². The van der Waals surface area contributed by atoms with Crippen molar-refractivity contribution in [1.29, 1.82) is 0 Å². The number of hydrogen-bond acceptors (Lipinski definition) is 5. The second kappa shape index (κ2) is 12.5. The SMILES string of the molecule is CCN(CC)C(=O)CC1CC2(CCN(C(=O)c3cccc(C)n3)CC2)Oc2ccccc21.O=C(O)C(F)(F)F. The van der Waals surface area contributed by atoms with Gasteiger partial charge in [0.05, 0.1) is 0 Å². The maximum atomic E-state index is 12.9. The molecule has 0 aliphatic carbocycles. The van der Waals surface area contributed by atoms with Crippen molar-refractivity contribution in [1.82, 2.24) is 14.8 Å². The van der Waals surface area contributed by atoms with Gasteiger partial charge in [0.25, 0.3) is 5.91 Å². The second-order valence-corrected chi connectivity index (χ2v) is 9.75. The number of carbonyl (C=O) groups excluding carboxylic acids is 2. The summed E-state index contributed by atoms with van der Waals surface area (Å²) in [6.07, 6.45) is -2.26. The summed E-state index contributed by atoms with van der Waals surface area (Å²) >= 11 is 0. The minimum Gasteiger partial charge on any atom is -0.487 e. The van der Waals surface area contributed by atoms with Gasteiger partial charge >= 0.3 is 12.1 Å². The van der Waals surface area contributed by atoms with E-state index < -0.39 is 12.1 Å². The lowest BCUT2D eigenvalue weighted by Gasteiger charge is -2.47. The summed E-state index contributed by atoms with van der Waals surface area (Å²) in [6.45, 7) is 8.67. The molecule has 2 aliphatic heterocycles. The Balaban J connectivity index is 0.000000532. The summed E-state index contributed by atoms with van der Waals surface area (Å²) < 4.78 is 38.3. The molecule has 1 N–H and O–H groups in total. The summed E-state index contributed by atoms with van der Waals surface area (Å²) in [7, 11) is 0. The quantitative estimate of drug-likeness (QED) is 0.574. The number of para-hydroxylation sites is 1. The topological polar surface area (TPSA) is 100 Å². The number of piperidine rings is 1. The van der Waals surface area contributed by atoms with Gasteiger partial charge in [-0.1, -0.05) is 24.3 Å². The fraction of sp³-hybridized carbons (Fsp3) is 0.500. The minimum atomic E-state index is -5.08. The molecule has 1 saturated heterocycles. The molecule has 1 aromatic heterocycles. The zero-order valence-electron chi connectivity index (χ0n) is 22.3. The van der Waals surface area contributed by atoms with Crippen molar-refractivity contribution in [2.75, 3.05) is 26.2 Å². The number of halogens is 3. The molecule has 2 aromatic rings. The van der Waals surface area contributed by atoms with Crippen LogP contribution in [-0.4, -0.2) is 75.6 Å². The van der Waals surface area contributed by atoms with Crippen LogP contribution in [0.5, 0.6) is 5.75 Å². The van der Waals surface area contributed by atoms with E-state index in [0.717, 1.165) is 49.4 Å². The first kappa shape index (κ1) is 29.9. The molecule has 0 saturated carbocycles. The number of likely N-dealkylation sites (tertiary alicyclic amines) is 1. The summed E-state index contributed by atoms with van der Waals surface area (Å²) in [5, 5.41) is 7.12. The van der Waals surface area contributed by atoms with Gasteiger partial charge in [0.2, 0.25) is 5.91 Å². The smallest absolute Gasteiger partial charge is 0.487 e. The van der Waals surface area contributed by atoms with Gasteiger partial charge in [0, 0.05) is 57.1 Å². The predicted octanol–water partition coefficient (Wildman–Crippen LogP) is 4.82. The number of rotatable bonds is 5. The second-order valence-electron chi connectivity index (χ2n) is 9.75. The number of carboxylic acids is 1. The standard InChI is InChI=1S/C26H33N3O3.C2HF3O2/c1-4-28(5-2)24(30)17-20-18-26(32-23-12-7-6-10-21(20)23)13-15-29(16-14-26)25(31)22-11-8-9-19(3)27-22;3-2(4,5)1(6)7/h6-12,20H,4-5,13-18H2,1-3H3;(H,6,7). The fourth-order valence-electron chi connectivity index (χ4n) is 5.09. The van der Waals surface area contributed by atoms with Crippen LogP contribution in [0, 0.1) is 6.92 Å². The Morgan fingerprint density at radius 2 is 1.69 bits per heavy atom. The number of nitrogens with zero attached hydrogens (tertiary/aromatic N) is 3. The van der Waals surface area contributed by atoms with Crippen LogP contribution in [0.3, 0.4) is 0 Å². The lowest BCUT2D eigenvalue weighted by Crippen LogP contribution is -2.52. The van der Waals surface area contributed by atoms with E-state index in [2.05, 4.69) is 11.1 Å². The van der Waals surface area contributed by atoms with E-state index in [9.17, 15) is 22.8 Å². The van der Waals surface area contributed by atoms with Crippen molar-refractivity contribution in [3.63, 3.8) is 0 Å². The van der Waals surface area contributed by atoms with Crippen LogP contribution >= 0.6 is 0 Å². The van der Waals surface area contributed by atoms with Crippen molar-refractivity contribution in [2.45, 2.75) is 64.1 Å². The maximum absolute atomic E-state index is 12.9. The monoisotopic (exact) mass is 549 g/mol. The number of carboxylic acid groups (broad SMARTS) is 1. The van der Waals surface area contributed by atoms with E-state index in [1.165, 1.54) is 0 Å². The molecule has 0 radical (unpaired) electrons. The average molecular weight is 550 g/mol. The Hall–Kier alpha value is -3.63. The highest BCUT2D eigenvalue weighted by atomic mass is 19.4. The van der Waals surface area contributed by atoms with Crippen LogP contribution < -0.4 is 4.74 Å². The van der Waals surface area contributed by atoms with Gasteiger partial charge in [0.15, 0.2) is 0 Å². The lowest BCUT2D eigenvalue weighted by molar-refractivity contribution is -0.192. The highest BCUT2D eigenvalue weighted by Gasteiger charge is 2.44. The van der Waals surface area contributed by atoms with Gasteiger partial charge in [-0.15, -0.1) is 0 Å². The Morgan fingerprint density at radius 3 is 2.26 bits per heavy atom. The van der Waals surface area contributed by atoms with Crippen LogP contribution in [0.15, 0.2) is 42.5 Å². The number of alkyl halides is 3. The number of amides is 2. The van der Waals surface area contributed by atoms with Crippen LogP contribution in [0.25, 0.3) is 0 Å². The number of carbonyl (C=O) groups is 3. The van der Waals surface area contributed by atoms with E-state index in [4.69, 9.17) is 14.6 Å². The number of ether oxygens (including phenoxy) is 1. The third-order valence-corrected chi connectivity index (χ3v) is 7.15. The van der Waals surface area contributed by atoms with Gasteiger partial charge < -0.3 is 19.6 Å². The van der Waals surface area contributed by atoms with Crippen molar-refractivity contribution in [3.8, 4) is 5.75 Å². The molecule has 2 amide bonds. The lowest BCUT2D eigenvalue weighted by atomic mass is 9.76. The number of aliphatic carboxylic acids is 1. The zero-order chi connectivity index (χ0) is 28.8. The summed E-state index contributed by atoms with van der Waals surface area (Å²) in [6, 6.07) is 13.7.